The van der Waals surface area contributed by atoms with Crippen molar-refractivity contribution in [1.29, 1.82) is 0 Å². The van der Waals surface area contributed by atoms with Gasteiger partial charge in [-0.1, -0.05) is 23.3 Å². The van der Waals surface area contributed by atoms with Crippen LogP contribution >= 0.6 is 0 Å². The van der Waals surface area contributed by atoms with E-state index in [4.69, 9.17) is 14.2 Å². The molecule has 1 aromatic carbocycles. The largest absolute Gasteiger partial charge is 0.435 e. The van der Waals surface area contributed by atoms with Crippen molar-refractivity contribution in [2.45, 2.75) is 47.0 Å². The van der Waals surface area contributed by atoms with Crippen LogP contribution in [-0.2, 0) is 20.7 Å². The minimum atomic E-state index is -0.480. The van der Waals surface area contributed by atoms with E-state index in [1.165, 1.54) is 25.2 Å². The third kappa shape index (κ3) is 8.12. The van der Waals surface area contributed by atoms with Gasteiger partial charge in [-0.05, 0) is 63.8 Å². The minimum Gasteiger partial charge on any atom is -0.435 e. The van der Waals surface area contributed by atoms with Crippen LogP contribution in [0.5, 0.6) is 5.75 Å². The van der Waals surface area contributed by atoms with Crippen molar-refractivity contribution in [2.24, 2.45) is 0 Å². The Morgan fingerprint density at radius 1 is 1.08 bits per heavy atom. The summed E-state index contributed by atoms with van der Waals surface area (Å²) in [7, 11) is 1.45. The summed E-state index contributed by atoms with van der Waals surface area (Å²) in [5.41, 5.74) is 3.69. The Labute approximate surface area is 155 Å². The first kappa shape index (κ1) is 21.6. The molecule has 0 bridgehead atoms. The third-order valence-electron chi connectivity index (χ3n) is 3.62. The van der Waals surface area contributed by atoms with E-state index in [-0.39, 0.29) is 6.79 Å². The van der Waals surface area contributed by atoms with E-state index < -0.39 is 11.9 Å². The van der Waals surface area contributed by atoms with Crippen LogP contribution in [0.4, 0.5) is 0 Å². The van der Waals surface area contributed by atoms with Gasteiger partial charge in [-0.3, -0.25) is 4.79 Å². The summed E-state index contributed by atoms with van der Waals surface area (Å²) >= 11 is 0. The minimum absolute atomic E-state index is 0.108. The number of carbonyl (C=O) groups is 2. The molecule has 0 aliphatic carbocycles. The third-order valence-corrected chi connectivity index (χ3v) is 3.62. The number of methoxy groups -OCH3 is 1. The van der Waals surface area contributed by atoms with Gasteiger partial charge in [0.05, 0.1) is 5.56 Å². The van der Waals surface area contributed by atoms with Crippen LogP contribution < -0.4 is 4.74 Å². The quantitative estimate of drug-likeness (QED) is 0.279. The van der Waals surface area contributed by atoms with Gasteiger partial charge >= 0.3 is 11.9 Å². The zero-order chi connectivity index (χ0) is 19.5. The van der Waals surface area contributed by atoms with Crippen molar-refractivity contribution in [3.05, 3.63) is 52.6 Å². The number of ether oxygens (including phenoxy) is 3. The normalized spacial score (nSPS) is 11.0. The first-order valence-corrected chi connectivity index (χ1v) is 8.60. The molecular formula is C21H28O5. The van der Waals surface area contributed by atoms with Crippen molar-refractivity contribution >= 4 is 11.9 Å². The Kier molecular flexibility index (Phi) is 9.37. The van der Waals surface area contributed by atoms with Gasteiger partial charge in [-0.15, -0.1) is 0 Å². The highest BCUT2D eigenvalue weighted by atomic mass is 16.7. The maximum Gasteiger partial charge on any atom is 0.340 e. The Balaban J connectivity index is 2.94. The lowest BCUT2D eigenvalue weighted by Crippen LogP contribution is -2.09. The Bertz CT molecular complexity index is 682. The fraction of sp³-hybridized carbons (Fsp3) is 0.429. The lowest BCUT2D eigenvalue weighted by Gasteiger charge is -2.10. The van der Waals surface area contributed by atoms with E-state index >= 15 is 0 Å². The van der Waals surface area contributed by atoms with Crippen molar-refractivity contribution in [3.8, 4) is 5.75 Å². The summed E-state index contributed by atoms with van der Waals surface area (Å²) in [6.07, 6.45) is 6.81. The molecule has 0 saturated heterocycles. The fourth-order valence-corrected chi connectivity index (χ4v) is 2.29. The average Bonchev–Trinajstić information content (AvgIpc) is 2.57. The monoisotopic (exact) mass is 360 g/mol. The molecule has 0 N–H and O–H groups in total. The number of rotatable bonds is 9. The first-order valence-electron chi connectivity index (χ1n) is 8.60. The van der Waals surface area contributed by atoms with E-state index in [9.17, 15) is 9.59 Å². The van der Waals surface area contributed by atoms with Crippen LogP contribution in [0.1, 0.15) is 56.5 Å². The smallest absolute Gasteiger partial charge is 0.340 e. The number of allylic oxidation sites excluding steroid dienone is 4. The predicted octanol–water partition coefficient (Wildman–Crippen LogP) is 4.61. The summed E-state index contributed by atoms with van der Waals surface area (Å²) in [5.74, 6) is -0.425. The van der Waals surface area contributed by atoms with Gasteiger partial charge in [0.2, 0.25) is 0 Å². The van der Waals surface area contributed by atoms with E-state index in [2.05, 4.69) is 32.9 Å². The lowest BCUT2D eigenvalue weighted by atomic mass is 10.0. The van der Waals surface area contributed by atoms with Gasteiger partial charge < -0.3 is 14.2 Å². The molecule has 0 radical (unpaired) electrons. The van der Waals surface area contributed by atoms with Gasteiger partial charge in [0, 0.05) is 14.0 Å². The first-order chi connectivity index (χ1) is 12.3. The summed E-state index contributed by atoms with van der Waals surface area (Å²) in [6, 6.07) is 4.88. The second-order valence-corrected chi connectivity index (χ2v) is 6.33. The Morgan fingerprint density at radius 3 is 2.42 bits per heavy atom. The maximum atomic E-state index is 12.0. The molecule has 26 heavy (non-hydrogen) atoms. The summed E-state index contributed by atoms with van der Waals surface area (Å²) in [5, 5.41) is 0. The van der Waals surface area contributed by atoms with E-state index in [1.54, 1.807) is 18.2 Å². The molecule has 0 atom stereocenters. The van der Waals surface area contributed by atoms with Crippen molar-refractivity contribution in [3.63, 3.8) is 0 Å². The molecule has 0 unspecified atom stereocenters. The van der Waals surface area contributed by atoms with Gasteiger partial charge in [-0.2, -0.15) is 0 Å². The van der Waals surface area contributed by atoms with Crippen molar-refractivity contribution < 1.29 is 23.8 Å². The molecule has 0 spiro atoms. The van der Waals surface area contributed by atoms with Gasteiger partial charge in [-0.25, -0.2) is 4.79 Å². The molecule has 0 aliphatic heterocycles. The standard InChI is InChI=1S/C21H28O5/c1-15(2)7-6-8-16(3)9-10-18-13-19(21(23)25-14-24-5)11-12-20(18)26-17(4)22/h7,9,11-13H,6,8,10,14H2,1-5H3/b16-9+. The SMILES string of the molecule is COCOC(=O)c1ccc(OC(C)=O)c(C/C=C(\C)CCC=C(C)C)c1. The van der Waals surface area contributed by atoms with Crippen molar-refractivity contribution in [1.82, 2.24) is 0 Å². The Morgan fingerprint density at radius 2 is 1.81 bits per heavy atom. The lowest BCUT2D eigenvalue weighted by molar-refractivity contribution is -0.131. The molecule has 5 heteroatoms. The molecule has 0 saturated carbocycles. The van der Waals surface area contributed by atoms with Gasteiger partial charge in [0.1, 0.15) is 5.75 Å². The molecule has 142 valence electrons. The summed E-state index contributed by atoms with van der Waals surface area (Å²) in [4.78, 5) is 23.3. The van der Waals surface area contributed by atoms with Crippen LogP contribution in [0.15, 0.2) is 41.5 Å². The Hall–Kier alpha value is -2.40. The molecule has 1 rings (SSSR count). The molecule has 0 aromatic heterocycles. The molecule has 0 heterocycles. The molecule has 0 aliphatic rings. The van der Waals surface area contributed by atoms with E-state index in [1.807, 2.05) is 0 Å². The second kappa shape index (κ2) is 11.3. The van der Waals surface area contributed by atoms with E-state index in [0.29, 0.717) is 17.7 Å². The van der Waals surface area contributed by atoms with Crippen LogP contribution in [0.2, 0.25) is 0 Å². The number of benzene rings is 1. The maximum absolute atomic E-state index is 12.0. The van der Waals surface area contributed by atoms with E-state index in [0.717, 1.165) is 18.4 Å². The van der Waals surface area contributed by atoms with Gasteiger partial charge in [0.25, 0.3) is 0 Å². The highest BCUT2D eigenvalue weighted by Crippen LogP contribution is 2.23. The zero-order valence-electron chi connectivity index (χ0n) is 16.3. The molecule has 5 nitrogen and oxygen atoms in total. The fourth-order valence-electron chi connectivity index (χ4n) is 2.29. The second-order valence-electron chi connectivity index (χ2n) is 6.33. The molecular weight excluding hydrogens is 332 g/mol. The molecule has 0 fully saturated rings. The number of carbonyl (C=O) groups excluding carboxylic acids is 2. The number of hydrogen-bond donors (Lipinski definition) is 0. The highest BCUT2D eigenvalue weighted by Gasteiger charge is 2.12. The van der Waals surface area contributed by atoms with Crippen LogP contribution in [-0.4, -0.2) is 25.8 Å². The summed E-state index contributed by atoms with van der Waals surface area (Å²) in [6.45, 7) is 7.48. The zero-order valence-corrected chi connectivity index (χ0v) is 16.3. The highest BCUT2D eigenvalue weighted by molar-refractivity contribution is 5.90. The van der Waals surface area contributed by atoms with Crippen LogP contribution in [0.3, 0.4) is 0 Å². The van der Waals surface area contributed by atoms with Crippen LogP contribution in [0, 0.1) is 0 Å². The molecule has 1 aromatic rings. The van der Waals surface area contributed by atoms with Crippen LogP contribution in [0.25, 0.3) is 0 Å². The van der Waals surface area contributed by atoms with Gasteiger partial charge in [0.15, 0.2) is 6.79 Å². The summed E-state index contributed by atoms with van der Waals surface area (Å²) < 4.78 is 15.0. The number of esters is 2. The van der Waals surface area contributed by atoms with Crippen molar-refractivity contribution in [2.75, 3.05) is 13.9 Å². The average molecular weight is 360 g/mol. The predicted molar refractivity (Wildman–Crippen MR) is 101 cm³/mol. The number of hydrogen-bond acceptors (Lipinski definition) is 5. The molecule has 0 amide bonds. The topological polar surface area (TPSA) is 61.8 Å².